The lowest BCUT2D eigenvalue weighted by Crippen LogP contribution is -2.43. The average molecular weight is 379 g/mol. The van der Waals surface area contributed by atoms with Crippen molar-refractivity contribution in [2.75, 3.05) is 18.4 Å². The van der Waals surface area contributed by atoms with Crippen LogP contribution in [0.25, 0.3) is 21.8 Å². The number of nitro groups is 1. The largest absolute Gasteiger partial charge is 0.382 e. The maximum atomic E-state index is 11.4. The van der Waals surface area contributed by atoms with Crippen LogP contribution in [0.1, 0.15) is 6.92 Å². The Kier molecular flexibility index (Phi) is 5.94. The smallest absolute Gasteiger partial charge is 0.280 e. The Balaban J connectivity index is 0.00000243. The second-order valence-electron chi connectivity index (χ2n) is 5.81. The number of hydrogen-bond acceptors (Lipinski definition) is 7. The van der Waals surface area contributed by atoms with Crippen molar-refractivity contribution < 1.29 is 15.1 Å². The van der Waals surface area contributed by atoms with Crippen LogP contribution in [-0.4, -0.2) is 39.1 Å². The molecule has 1 heterocycles. The molecular weight excluding hydrogens is 360 g/mol. The molecule has 0 fully saturated rings. The highest BCUT2D eigenvalue weighted by atomic mass is 35.5. The van der Waals surface area contributed by atoms with Crippen LogP contribution in [0.5, 0.6) is 0 Å². The van der Waals surface area contributed by atoms with Crippen LogP contribution in [0.4, 0.5) is 11.4 Å². The van der Waals surface area contributed by atoms with Crippen molar-refractivity contribution >= 4 is 45.6 Å². The molecular formula is C17H19ClN4O4. The Morgan fingerprint density at radius 2 is 1.81 bits per heavy atom. The summed E-state index contributed by atoms with van der Waals surface area (Å²) in [6, 6.07) is 12.2. The molecule has 0 aliphatic carbocycles. The number of pyridine rings is 1. The van der Waals surface area contributed by atoms with Gasteiger partial charge in [-0.15, -0.1) is 12.4 Å². The number of benzene rings is 2. The quantitative estimate of drug-likeness (QED) is 0.171. The van der Waals surface area contributed by atoms with Gasteiger partial charge in [0.1, 0.15) is 5.39 Å². The molecule has 0 radical (unpaired) electrons. The number of fused-ring (bicyclic) bond motifs is 2. The van der Waals surface area contributed by atoms with Crippen molar-refractivity contribution in [2.24, 2.45) is 0 Å². The number of para-hydroxylation sites is 1. The van der Waals surface area contributed by atoms with Gasteiger partial charge in [0, 0.05) is 31.5 Å². The van der Waals surface area contributed by atoms with Gasteiger partial charge in [0.25, 0.3) is 5.69 Å². The van der Waals surface area contributed by atoms with Gasteiger partial charge in [0.2, 0.25) is 5.91 Å². The van der Waals surface area contributed by atoms with Crippen LogP contribution in [0.2, 0.25) is 0 Å². The lowest BCUT2D eigenvalue weighted by molar-refractivity contribution is -0.383. The van der Waals surface area contributed by atoms with Crippen molar-refractivity contribution in [3.8, 4) is 0 Å². The molecule has 3 rings (SSSR count). The Morgan fingerprint density at radius 1 is 1.12 bits per heavy atom. The van der Waals surface area contributed by atoms with Gasteiger partial charge in [0.15, 0.2) is 0 Å². The van der Waals surface area contributed by atoms with Crippen LogP contribution >= 0.6 is 12.4 Å². The Morgan fingerprint density at radius 3 is 2.50 bits per heavy atom. The molecule has 3 aromatic rings. The minimum Gasteiger partial charge on any atom is -0.382 e. The zero-order valence-electron chi connectivity index (χ0n) is 14.0. The topological polar surface area (TPSA) is 121 Å². The lowest BCUT2D eigenvalue weighted by Gasteiger charge is -2.18. The molecule has 0 unspecified atom stereocenters. The summed E-state index contributed by atoms with van der Waals surface area (Å²) in [5.74, 6) is -1.98. The Hall–Kier alpha value is -2.52. The van der Waals surface area contributed by atoms with E-state index in [9.17, 15) is 20.3 Å². The average Bonchev–Trinajstić information content (AvgIpc) is 2.56. The summed E-state index contributed by atoms with van der Waals surface area (Å²) in [5, 5.41) is 36.9. The van der Waals surface area contributed by atoms with E-state index in [4.69, 9.17) is 0 Å². The van der Waals surface area contributed by atoms with Crippen molar-refractivity contribution in [1.29, 1.82) is 0 Å². The van der Waals surface area contributed by atoms with Gasteiger partial charge in [0.05, 0.1) is 21.6 Å². The molecule has 0 aliphatic rings. The van der Waals surface area contributed by atoms with Gasteiger partial charge in [-0.25, -0.2) is 4.98 Å². The number of anilines is 1. The summed E-state index contributed by atoms with van der Waals surface area (Å²) in [4.78, 5) is 15.5. The van der Waals surface area contributed by atoms with Gasteiger partial charge in [-0.1, -0.05) is 24.3 Å². The summed E-state index contributed by atoms with van der Waals surface area (Å²) >= 11 is 0. The third kappa shape index (κ3) is 4.17. The Labute approximate surface area is 155 Å². The first-order valence-electron chi connectivity index (χ1n) is 7.76. The van der Waals surface area contributed by atoms with Gasteiger partial charge >= 0.3 is 0 Å². The predicted octanol–water partition coefficient (Wildman–Crippen LogP) is 2.38. The van der Waals surface area contributed by atoms with Crippen molar-refractivity contribution in [2.45, 2.75) is 12.8 Å². The van der Waals surface area contributed by atoms with Crippen LogP contribution in [-0.2, 0) is 0 Å². The van der Waals surface area contributed by atoms with Crippen LogP contribution in [0, 0.1) is 10.1 Å². The summed E-state index contributed by atoms with van der Waals surface area (Å²) in [6.45, 7) is 1.81. The number of nitro benzene ring substituents is 1. The molecule has 138 valence electrons. The van der Waals surface area contributed by atoms with Crippen molar-refractivity contribution in [1.82, 2.24) is 10.3 Å². The standard InChI is InChI=1S/C17H18N4O4.ClH/c1-17(22,23)19-10-9-18-16-11-5-2-3-6-12(11)20-13-7-4-8-14(15(13)16)21(24)25;/h2-8,19,22-23H,9-10H2,1H3,(H,18,20);1H. The molecule has 9 heteroatoms. The monoisotopic (exact) mass is 378 g/mol. The first-order chi connectivity index (χ1) is 11.9. The summed E-state index contributed by atoms with van der Waals surface area (Å²) in [5.41, 5.74) is 1.82. The van der Waals surface area contributed by atoms with E-state index in [-0.39, 0.29) is 24.6 Å². The van der Waals surface area contributed by atoms with E-state index < -0.39 is 10.8 Å². The molecule has 0 saturated heterocycles. The summed E-state index contributed by atoms with van der Waals surface area (Å²) in [6.07, 6.45) is 0. The normalized spacial score (nSPS) is 11.3. The molecule has 0 amide bonds. The van der Waals surface area contributed by atoms with Crippen molar-refractivity contribution in [3.63, 3.8) is 0 Å². The van der Waals surface area contributed by atoms with Crippen LogP contribution in [0.3, 0.4) is 0 Å². The summed E-state index contributed by atoms with van der Waals surface area (Å²) < 4.78 is 0. The van der Waals surface area contributed by atoms with E-state index in [1.54, 1.807) is 12.1 Å². The molecule has 0 bridgehead atoms. The van der Waals surface area contributed by atoms with E-state index in [1.165, 1.54) is 13.0 Å². The van der Waals surface area contributed by atoms with Crippen LogP contribution < -0.4 is 10.6 Å². The molecule has 26 heavy (non-hydrogen) atoms. The van der Waals surface area contributed by atoms with E-state index in [1.807, 2.05) is 24.3 Å². The zero-order valence-corrected chi connectivity index (χ0v) is 14.8. The number of nitrogens with zero attached hydrogens (tertiary/aromatic N) is 2. The summed E-state index contributed by atoms with van der Waals surface area (Å²) in [7, 11) is 0. The fourth-order valence-electron chi connectivity index (χ4n) is 2.75. The zero-order chi connectivity index (χ0) is 18.0. The number of non-ortho nitro benzene ring substituents is 1. The molecule has 0 atom stereocenters. The lowest BCUT2D eigenvalue weighted by atomic mass is 10.1. The second-order valence-corrected chi connectivity index (χ2v) is 5.81. The fraction of sp³-hybridized carbons (Fsp3) is 0.235. The van der Waals surface area contributed by atoms with Crippen molar-refractivity contribution in [3.05, 3.63) is 52.6 Å². The second kappa shape index (κ2) is 7.79. The molecule has 0 spiro atoms. The van der Waals surface area contributed by atoms with E-state index in [0.29, 0.717) is 23.1 Å². The number of aliphatic hydroxyl groups is 2. The van der Waals surface area contributed by atoms with E-state index >= 15 is 0 Å². The van der Waals surface area contributed by atoms with Gasteiger partial charge in [-0.2, -0.15) is 0 Å². The minimum atomic E-state index is -1.98. The molecule has 4 N–H and O–H groups in total. The highest BCUT2D eigenvalue weighted by Crippen LogP contribution is 2.36. The maximum absolute atomic E-state index is 11.4. The maximum Gasteiger partial charge on any atom is 0.280 e. The first-order valence-corrected chi connectivity index (χ1v) is 7.76. The number of rotatable bonds is 6. The molecule has 0 aliphatic heterocycles. The predicted molar refractivity (Wildman–Crippen MR) is 102 cm³/mol. The number of aromatic nitrogens is 1. The number of nitrogens with one attached hydrogen (secondary N) is 2. The fourth-order valence-corrected chi connectivity index (χ4v) is 2.75. The molecule has 2 aromatic carbocycles. The molecule has 1 aromatic heterocycles. The van der Waals surface area contributed by atoms with Crippen LogP contribution in [0.15, 0.2) is 42.5 Å². The number of halogens is 1. The van der Waals surface area contributed by atoms with E-state index in [2.05, 4.69) is 15.6 Å². The Bertz CT molecular complexity index is 943. The minimum absolute atomic E-state index is 0. The van der Waals surface area contributed by atoms with Gasteiger partial charge in [-0.3, -0.25) is 15.4 Å². The first kappa shape index (κ1) is 19.8. The van der Waals surface area contributed by atoms with E-state index in [0.717, 1.165) is 10.9 Å². The highest BCUT2D eigenvalue weighted by Gasteiger charge is 2.19. The highest BCUT2D eigenvalue weighted by molar-refractivity contribution is 6.11. The van der Waals surface area contributed by atoms with Gasteiger partial charge < -0.3 is 15.5 Å². The number of hydrogen-bond donors (Lipinski definition) is 4. The molecule has 0 saturated carbocycles. The molecule has 8 nitrogen and oxygen atoms in total. The van der Waals surface area contributed by atoms with Gasteiger partial charge in [-0.05, 0) is 12.1 Å². The third-order valence-corrected chi connectivity index (χ3v) is 3.77. The third-order valence-electron chi connectivity index (χ3n) is 3.77. The SMILES string of the molecule is CC(O)(O)NCCNc1c2ccccc2nc2cccc([N+](=O)[O-])c12.Cl.